The van der Waals surface area contributed by atoms with Crippen LogP contribution in [0.25, 0.3) is 0 Å². The van der Waals surface area contributed by atoms with Crippen molar-refractivity contribution in [3.63, 3.8) is 0 Å². The quantitative estimate of drug-likeness (QED) is 0.865. The molecule has 114 valence electrons. The fourth-order valence-corrected chi connectivity index (χ4v) is 3.64. The van der Waals surface area contributed by atoms with Gasteiger partial charge >= 0.3 is 0 Å². The van der Waals surface area contributed by atoms with E-state index in [1.165, 1.54) is 10.5 Å². The molecule has 3 rings (SSSR count). The second-order valence-corrected chi connectivity index (χ2v) is 7.64. The number of rotatable bonds is 4. The fraction of sp³-hybridized carbons (Fsp3) is 0.588. The zero-order valence-electron chi connectivity index (χ0n) is 13.2. The minimum Gasteiger partial charge on any atom is -0.318 e. The van der Waals surface area contributed by atoms with Crippen molar-refractivity contribution in [3.05, 3.63) is 29.8 Å². The zero-order valence-corrected chi connectivity index (χ0v) is 14.0. The molecule has 21 heavy (non-hydrogen) atoms. The van der Waals surface area contributed by atoms with Crippen LogP contribution in [-0.4, -0.2) is 29.1 Å². The third-order valence-corrected chi connectivity index (χ3v) is 5.57. The largest absolute Gasteiger partial charge is 0.318 e. The van der Waals surface area contributed by atoms with Crippen LogP contribution in [0.2, 0.25) is 0 Å². The number of thioether (sulfide) groups is 1. The van der Waals surface area contributed by atoms with Gasteiger partial charge in [0.15, 0.2) is 0 Å². The van der Waals surface area contributed by atoms with E-state index in [2.05, 4.69) is 61.5 Å². The first-order valence-corrected chi connectivity index (χ1v) is 8.92. The lowest BCUT2D eigenvalue weighted by atomic mass is 10.1. The maximum absolute atomic E-state index is 12.7. The van der Waals surface area contributed by atoms with Gasteiger partial charge < -0.3 is 4.90 Å². The molecule has 2 fully saturated rings. The van der Waals surface area contributed by atoms with Crippen molar-refractivity contribution >= 4 is 17.7 Å². The first kappa shape index (κ1) is 14.9. The summed E-state index contributed by atoms with van der Waals surface area (Å²) < 4.78 is 0. The van der Waals surface area contributed by atoms with Gasteiger partial charge in [-0.15, -0.1) is 11.8 Å². The van der Waals surface area contributed by atoms with Gasteiger partial charge in [0.25, 0.3) is 0 Å². The molecule has 0 radical (unpaired) electrons. The molecule has 1 heterocycles. The Balaban J connectivity index is 1.89. The zero-order chi connectivity index (χ0) is 15.2. The molecule has 0 bridgehead atoms. The van der Waals surface area contributed by atoms with E-state index in [-0.39, 0.29) is 23.5 Å². The summed E-state index contributed by atoms with van der Waals surface area (Å²) in [6.45, 7) is 6.57. The molecule has 1 aromatic rings. The molecule has 1 aliphatic heterocycles. The molecule has 0 spiro atoms. The van der Waals surface area contributed by atoms with Crippen LogP contribution in [-0.2, 0) is 4.79 Å². The first-order valence-electron chi connectivity index (χ1n) is 7.70. The smallest absolute Gasteiger partial charge is 0.241 e. The van der Waals surface area contributed by atoms with Crippen molar-refractivity contribution in [3.8, 4) is 0 Å². The Hall–Kier alpha value is -1.00. The lowest BCUT2D eigenvalue weighted by Crippen LogP contribution is -2.35. The van der Waals surface area contributed by atoms with E-state index < -0.39 is 0 Å². The third kappa shape index (κ3) is 2.59. The van der Waals surface area contributed by atoms with E-state index >= 15 is 0 Å². The highest BCUT2D eigenvalue weighted by Gasteiger charge is 2.56. The highest BCUT2D eigenvalue weighted by atomic mass is 32.2. The Morgan fingerprint density at radius 2 is 1.95 bits per heavy atom. The summed E-state index contributed by atoms with van der Waals surface area (Å²) in [5.41, 5.74) is 1.46. The van der Waals surface area contributed by atoms with Crippen LogP contribution < -0.4 is 5.32 Å². The number of amides is 1. The number of carbonyl (C=O) groups is 1. The standard InChI is InChI=1S/C17H24N2OS/c1-5-13-16(20)19(14-10-17(14,2)3)15(18-13)11-6-8-12(21-4)9-7-11/h6-9,13-15,18H,5,10H2,1-4H3. The van der Waals surface area contributed by atoms with Crippen LogP contribution in [0.4, 0.5) is 0 Å². The number of nitrogens with zero attached hydrogens (tertiary/aromatic N) is 1. The van der Waals surface area contributed by atoms with E-state index in [4.69, 9.17) is 0 Å². The molecule has 2 aliphatic rings. The van der Waals surface area contributed by atoms with Gasteiger partial charge in [0.05, 0.1) is 6.04 Å². The first-order chi connectivity index (χ1) is 9.97. The number of nitrogens with one attached hydrogen (secondary N) is 1. The van der Waals surface area contributed by atoms with Crippen LogP contribution in [0, 0.1) is 5.41 Å². The molecular formula is C17H24N2OS. The van der Waals surface area contributed by atoms with E-state index in [0.29, 0.717) is 6.04 Å². The molecule has 1 amide bonds. The van der Waals surface area contributed by atoms with E-state index in [0.717, 1.165) is 12.8 Å². The van der Waals surface area contributed by atoms with Crippen molar-refractivity contribution in [2.75, 3.05) is 6.26 Å². The van der Waals surface area contributed by atoms with Crippen LogP contribution in [0.15, 0.2) is 29.2 Å². The van der Waals surface area contributed by atoms with Crippen molar-refractivity contribution in [2.45, 2.75) is 56.8 Å². The van der Waals surface area contributed by atoms with Crippen LogP contribution in [0.3, 0.4) is 0 Å². The summed E-state index contributed by atoms with van der Waals surface area (Å²) in [7, 11) is 0. The molecule has 4 heteroatoms. The molecule has 1 aliphatic carbocycles. The SMILES string of the molecule is CCC1NC(c2ccc(SC)cc2)N(C2CC2(C)C)C1=O. The topological polar surface area (TPSA) is 32.3 Å². The minimum atomic E-state index is -0.0355. The van der Waals surface area contributed by atoms with Gasteiger partial charge in [-0.3, -0.25) is 10.1 Å². The maximum atomic E-state index is 12.7. The average Bonchev–Trinajstić information content (AvgIpc) is 2.97. The highest BCUT2D eigenvalue weighted by Crippen LogP contribution is 2.52. The molecule has 1 saturated heterocycles. The fourth-order valence-electron chi connectivity index (χ4n) is 3.23. The van der Waals surface area contributed by atoms with Crippen molar-refractivity contribution in [2.24, 2.45) is 5.41 Å². The molecule has 1 aromatic carbocycles. The van der Waals surface area contributed by atoms with Crippen LogP contribution >= 0.6 is 11.8 Å². The van der Waals surface area contributed by atoms with E-state index in [1.807, 2.05) is 0 Å². The lowest BCUT2D eigenvalue weighted by molar-refractivity contribution is -0.131. The Morgan fingerprint density at radius 3 is 2.43 bits per heavy atom. The number of hydrogen-bond donors (Lipinski definition) is 1. The summed E-state index contributed by atoms with van der Waals surface area (Å²) in [5.74, 6) is 0.270. The molecule has 3 atom stereocenters. The minimum absolute atomic E-state index is 0.0325. The summed E-state index contributed by atoms with van der Waals surface area (Å²) >= 11 is 1.74. The molecule has 3 nitrogen and oxygen atoms in total. The average molecular weight is 304 g/mol. The van der Waals surface area contributed by atoms with Crippen LogP contribution in [0.1, 0.15) is 45.3 Å². The lowest BCUT2D eigenvalue weighted by Gasteiger charge is -2.26. The Bertz CT molecular complexity index is 540. The number of carbonyl (C=O) groups excluding carboxylic acids is 1. The molecule has 1 saturated carbocycles. The second kappa shape index (κ2) is 5.33. The maximum Gasteiger partial charge on any atom is 0.241 e. The number of hydrogen-bond acceptors (Lipinski definition) is 3. The Kier molecular flexibility index (Phi) is 3.78. The van der Waals surface area contributed by atoms with Gasteiger partial charge in [-0.05, 0) is 42.2 Å². The third-order valence-electron chi connectivity index (χ3n) is 4.83. The van der Waals surface area contributed by atoms with Gasteiger partial charge in [-0.1, -0.05) is 32.9 Å². The molecular weight excluding hydrogens is 280 g/mol. The monoisotopic (exact) mass is 304 g/mol. The van der Waals surface area contributed by atoms with Gasteiger partial charge in [0, 0.05) is 10.9 Å². The van der Waals surface area contributed by atoms with Crippen LogP contribution in [0.5, 0.6) is 0 Å². The predicted molar refractivity (Wildman–Crippen MR) is 87.2 cm³/mol. The number of benzene rings is 1. The normalized spacial score (nSPS) is 30.8. The molecule has 0 aromatic heterocycles. The molecule has 3 unspecified atom stereocenters. The summed E-state index contributed by atoms with van der Waals surface area (Å²) in [4.78, 5) is 16.0. The molecule has 1 N–H and O–H groups in total. The Labute approximate surface area is 131 Å². The summed E-state index contributed by atoms with van der Waals surface area (Å²) in [6.07, 6.45) is 4.07. The van der Waals surface area contributed by atoms with Gasteiger partial charge in [0.2, 0.25) is 5.91 Å². The van der Waals surface area contributed by atoms with Crippen molar-refractivity contribution in [1.82, 2.24) is 10.2 Å². The van der Waals surface area contributed by atoms with Crippen molar-refractivity contribution in [1.29, 1.82) is 0 Å². The van der Waals surface area contributed by atoms with Gasteiger partial charge in [-0.2, -0.15) is 0 Å². The van der Waals surface area contributed by atoms with Gasteiger partial charge in [-0.25, -0.2) is 0 Å². The second-order valence-electron chi connectivity index (χ2n) is 6.76. The Morgan fingerprint density at radius 1 is 1.33 bits per heavy atom. The highest BCUT2D eigenvalue weighted by molar-refractivity contribution is 7.98. The predicted octanol–water partition coefficient (Wildman–Crippen LogP) is 3.42. The van der Waals surface area contributed by atoms with E-state index in [1.54, 1.807) is 11.8 Å². The van der Waals surface area contributed by atoms with Gasteiger partial charge in [0.1, 0.15) is 6.17 Å². The summed E-state index contributed by atoms with van der Waals surface area (Å²) in [5, 5.41) is 3.52. The summed E-state index contributed by atoms with van der Waals surface area (Å²) in [6, 6.07) is 8.92. The van der Waals surface area contributed by atoms with Crippen molar-refractivity contribution < 1.29 is 4.79 Å². The van der Waals surface area contributed by atoms with E-state index in [9.17, 15) is 4.79 Å².